The molecule has 0 unspecified atom stereocenters. The van der Waals surface area contributed by atoms with Crippen LogP contribution in [-0.2, 0) is 6.42 Å². The molecule has 21 heavy (non-hydrogen) atoms. The van der Waals surface area contributed by atoms with Crippen molar-refractivity contribution in [3.63, 3.8) is 0 Å². The molecule has 4 heteroatoms. The molecule has 0 aliphatic carbocycles. The SMILES string of the molecule is CCCCCCCCCCCc1cc(C(=O)NN)ccn1. The Labute approximate surface area is 128 Å². The second-order valence-electron chi connectivity index (χ2n) is 5.59. The second kappa shape index (κ2) is 11.3. The van der Waals surface area contributed by atoms with Crippen LogP contribution in [0.3, 0.4) is 0 Å². The van der Waals surface area contributed by atoms with E-state index in [4.69, 9.17) is 5.84 Å². The van der Waals surface area contributed by atoms with E-state index >= 15 is 0 Å². The number of hydrazine groups is 1. The molecule has 1 aromatic rings. The number of aryl methyl sites for hydroxylation is 1. The molecule has 4 nitrogen and oxygen atoms in total. The highest BCUT2D eigenvalue weighted by molar-refractivity contribution is 5.93. The largest absolute Gasteiger partial charge is 0.290 e. The summed E-state index contributed by atoms with van der Waals surface area (Å²) in [5.74, 6) is 4.87. The van der Waals surface area contributed by atoms with Crippen LogP contribution in [0.15, 0.2) is 18.3 Å². The Kier molecular flexibility index (Phi) is 9.46. The number of carbonyl (C=O) groups is 1. The number of carbonyl (C=O) groups excluding carboxylic acids is 1. The number of pyridine rings is 1. The number of hydrogen-bond acceptors (Lipinski definition) is 3. The van der Waals surface area contributed by atoms with Gasteiger partial charge in [-0.3, -0.25) is 15.2 Å². The molecule has 0 saturated heterocycles. The molecular weight excluding hydrogens is 262 g/mol. The molecule has 0 spiro atoms. The van der Waals surface area contributed by atoms with Gasteiger partial charge in [0, 0.05) is 17.5 Å². The summed E-state index contributed by atoms with van der Waals surface area (Å²) < 4.78 is 0. The standard InChI is InChI=1S/C17H29N3O/c1-2-3-4-5-6-7-8-9-10-11-16-14-15(12-13-19-16)17(21)20-18/h12-14H,2-11,18H2,1H3,(H,20,21). The van der Waals surface area contributed by atoms with Crippen LogP contribution < -0.4 is 11.3 Å². The smallest absolute Gasteiger partial charge is 0.265 e. The van der Waals surface area contributed by atoms with Crippen LogP contribution in [-0.4, -0.2) is 10.9 Å². The van der Waals surface area contributed by atoms with Crippen LogP contribution in [0.4, 0.5) is 0 Å². The second-order valence-corrected chi connectivity index (χ2v) is 5.59. The molecule has 0 fully saturated rings. The van der Waals surface area contributed by atoms with E-state index in [0.717, 1.165) is 18.5 Å². The molecule has 0 saturated carbocycles. The van der Waals surface area contributed by atoms with Gasteiger partial charge in [-0.2, -0.15) is 0 Å². The van der Waals surface area contributed by atoms with E-state index in [0.29, 0.717) is 5.56 Å². The number of hydrogen-bond donors (Lipinski definition) is 2. The van der Waals surface area contributed by atoms with E-state index < -0.39 is 0 Å². The van der Waals surface area contributed by atoms with E-state index in [1.165, 1.54) is 51.4 Å². The number of amides is 1. The predicted molar refractivity (Wildman–Crippen MR) is 86.8 cm³/mol. The highest BCUT2D eigenvalue weighted by atomic mass is 16.2. The first-order chi connectivity index (χ1) is 10.3. The molecule has 0 aliphatic heterocycles. The molecule has 1 aromatic heterocycles. The molecule has 118 valence electrons. The molecule has 1 rings (SSSR count). The minimum atomic E-state index is -0.259. The van der Waals surface area contributed by atoms with Crippen molar-refractivity contribution in [1.29, 1.82) is 0 Å². The topological polar surface area (TPSA) is 68.0 Å². The first-order valence-electron chi connectivity index (χ1n) is 8.23. The summed E-state index contributed by atoms with van der Waals surface area (Å²) >= 11 is 0. The maximum absolute atomic E-state index is 11.4. The zero-order chi connectivity index (χ0) is 15.3. The van der Waals surface area contributed by atoms with Crippen LogP contribution in [0.25, 0.3) is 0 Å². The fourth-order valence-electron chi connectivity index (χ4n) is 2.46. The van der Waals surface area contributed by atoms with Crippen molar-refractivity contribution in [3.8, 4) is 0 Å². The zero-order valence-corrected chi connectivity index (χ0v) is 13.2. The first-order valence-corrected chi connectivity index (χ1v) is 8.23. The van der Waals surface area contributed by atoms with E-state index in [9.17, 15) is 4.79 Å². The monoisotopic (exact) mass is 291 g/mol. The summed E-state index contributed by atoms with van der Waals surface area (Å²) in [4.78, 5) is 15.7. The number of unbranched alkanes of at least 4 members (excludes halogenated alkanes) is 8. The third-order valence-corrected chi connectivity index (χ3v) is 3.75. The lowest BCUT2D eigenvalue weighted by Gasteiger charge is -2.04. The maximum Gasteiger partial charge on any atom is 0.265 e. The number of rotatable bonds is 11. The Morgan fingerprint density at radius 3 is 2.33 bits per heavy atom. The van der Waals surface area contributed by atoms with Gasteiger partial charge in [0.1, 0.15) is 0 Å². The van der Waals surface area contributed by atoms with Gasteiger partial charge < -0.3 is 0 Å². The van der Waals surface area contributed by atoms with Gasteiger partial charge in [0.2, 0.25) is 0 Å². The van der Waals surface area contributed by atoms with Gasteiger partial charge in [-0.25, -0.2) is 5.84 Å². The van der Waals surface area contributed by atoms with E-state index in [1.807, 2.05) is 6.07 Å². The highest BCUT2D eigenvalue weighted by Crippen LogP contribution is 2.11. The van der Waals surface area contributed by atoms with Gasteiger partial charge in [0.05, 0.1) is 0 Å². The summed E-state index contributed by atoms with van der Waals surface area (Å²) in [6, 6.07) is 3.51. The van der Waals surface area contributed by atoms with Crippen LogP contribution in [0.1, 0.15) is 80.8 Å². The molecular formula is C17H29N3O. The number of nitrogen functional groups attached to an aromatic ring is 1. The summed E-state index contributed by atoms with van der Waals surface area (Å²) in [5, 5.41) is 0. The van der Waals surface area contributed by atoms with Crippen molar-refractivity contribution >= 4 is 5.91 Å². The number of nitrogens with zero attached hydrogens (tertiary/aromatic N) is 1. The fraction of sp³-hybridized carbons (Fsp3) is 0.647. The zero-order valence-electron chi connectivity index (χ0n) is 13.2. The number of nitrogens with one attached hydrogen (secondary N) is 1. The average molecular weight is 291 g/mol. The molecule has 1 amide bonds. The summed E-state index contributed by atoms with van der Waals surface area (Å²) in [6.45, 7) is 2.25. The van der Waals surface area contributed by atoms with Gasteiger partial charge in [0.15, 0.2) is 0 Å². The summed E-state index contributed by atoms with van der Waals surface area (Å²) in [5.41, 5.74) is 3.70. The van der Waals surface area contributed by atoms with Crippen molar-refractivity contribution in [2.24, 2.45) is 5.84 Å². The normalized spacial score (nSPS) is 10.6. The third-order valence-electron chi connectivity index (χ3n) is 3.75. The fourth-order valence-corrected chi connectivity index (χ4v) is 2.46. The Bertz CT molecular complexity index is 407. The van der Waals surface area contributed by atoms with Gasteiger partial charge in [0.25, 0.3) is 5.91 Å². The molecule has 0 aromatic carbocycles. The molecule has 0 aliphatic rings. The van der Waals surface area contributed by atoms with Crippen molar-refractivity contribution < 1.29 is 4.79 Å². The van der Waals surface area contributed by atoms with Gasteiger partial charge >= 0.3 is 0 Å². The molecule has 3 N–H and O–H groups in total. The van der Waals surface area contributed by atoms with Crippen LogP contribution in [0, 0.1) is 0 Å². The summed E-state index contributed by atoms with van der Waals surface area (Å²) in [7, 11) is 0. The average Bonchev–Trinajstić information content (AvgIpc) is 2.53. The number of aromatic nitrogens is 1. The maximum atomic E-state index is 11.4. The lowest BCUT2D eigenvalue weighted by atomic mass is 10.1. The minimum Gasteiger partial charge on any atom is -0.290 e. The van der Waals surface area contributed by atoms with Crippen LogP contribution in [0.2, 0.25) is 0 Å². The van der Waals surface area contributed by atoms with E-state index in [-0.39, 0.29) is 5.91 Å². The molecule has 0 bridgehead atoms. The Morgan fingerprint density at radius 2 is 1.71 bits per heavy atom. The predicted octanol–water partition coefficient (Wildman–Crippen LogP) is 3.76. The minimum absolute atomic E-state index is 0.259. The third kappa shape index (κ3) is 7.81. The van der Waals surface area contributed by atoms with Gasteiger partial charge in [-0.05, 0) is 25.0 Å². The van der Waals surface area contributed by atoms with Crippen molar-refractivity contribution in [2.75, 3.05) is 0 Å². The van der Waals surface area contributed by atoms with E-state index in [1.54, 1.807) is 12.3 Å². The highest BCUT2D eigenvalue weighted by Gasteiger charge is 2.04. The Balaban J connectivity index is 2.11. The molecule has 0 atom stereocenters. The first kappa shape index (κ1) is 17.6. The molecule has 1 heterocycles. The lowest BCUT2D eigenvalue weighted by Crippen LogP contribution is -2.30. The van der Waals surface area contributed by atoms with Gasteiger partial charge in [-0.1, -0.05) is 58.3 Å². The Morgan fingerprint density at radius 1 is 1.10 bits per heavy atom. The van der Waals surface area contributed by atoms with Gasteiger partial charge in [-0.15, -0.1) is 0 Å². The summed E-state index contributed by atoms with van der Waals surface area (Å²) in [6.07, 6.45) is 14.4. The Hall–Kier alpha value is -1.42. The van der Waals surface area contributed by atoms with Crippen LogP contribution >= 0.6 is 0 Å². The molecule has 0 radical (unpaired) electrons. The van der Waals surface area contributed by atoms with Crippen molar-refractivity contribution in [3.05, 3.63) is 29.6 Å². The lowest BCUT2D eigenvalue weighted by molar-refractivity contribution is 0.0953. The quantitative estimate of drug-likeness (QED) is 0.282. The van der Waals surface area contributed by atoms with Crippen molar-refractivity contribution in [1.82, 2.24) is 10.4 Å². The number of nitrogens with two attached hydrogens (primary N) is 1. The van der Waals surface area contributed by atoms with E-state index in [2.05, 4.69) is 17.3 Å². The van der Waals surface area contributed by atoms with Crippen LogP contribution in [0.5, 0.6) is 0 Å². The van der Waals surface area contributed by atoms with Crippen molar-refractivity contribution in [2.45, 2.75) is 71.1 Å².